The number of aromatic nitrogens is 1. The third-order valence-corrected chi connectivity index (χ3v) is 6.46. The average Bonchev–Trinajstić information content (AvgIpc) is 3.01. The van der Waals surface area contributed by atoms with Gasteiger partial charge in [-0.3, -0.25) is 19.3 Å². The Labute approximate surface area is 174 Å². The molecule has 1 aliphatic heterocycles. The SMILES string of the molecule is Cc1cc(-n2c(C)cc(/C=C3\SC(=O)N(CC(N)=O)C3=O)c2C)ccc1I. The Morgan fingerprint density at radius 3 is 2.56 bits per heavy atom. The summed E-state index contributed by atoms with van der Waals surface area (Å²) in [6.07, 6.45) is 1.70. The van der Waals surface area contributed by atoms with Crippen LogP contribution in [0.3, 0.4) is 0 Å². The van der Waals surface area contributed by atoms with E-state index in [0.717, 1.165) is 39.3 Å². The minimum atomic E-state index is -0.717. The van der Waals surface area contributed by atoms with Gasteiger partial charge in [0, 0.05) is 20.6 Å². The fourth-order valence-electron chi connectivity index (χ4n) is 3.03. The fourth-order valence-corrected chi connectivity index (χ4v) is 4.20. The van der Waals surface area contributed by atoms with Gasteiger partial charge in [-0.1, -0.05) is 0 Å². The van der Waals surface area contributed by atoms with Gasteiger partial charge >= 0.3 is 0 Å². The second-order valence-corrected chi connectivity index (χ2v) is 8.48. The van der Waals surface area contributed by atoms with Crippen LogP contribution in [-0.4, -0.2) is 33.1 Å². The Morgan fingerprint density at radius 2 is 1.93 bits per heavy atom. The first-order valence-electron chi connectivity index (χ1n) is 8.18. The van der Waals surface area contributed by atoms with Crippen LogP contribution in [0.4, 0.5) is 4.79 Å². The second kappa shape index (κ2) is 7.51. The van der Waals surface area contributed by atoms with Crippen LogP contribution in [0.1, 0.15) is 22.5 Å². The Hall–Kier alpha value is -2.07. The topological polar surface area (TPSA) is 85.4 Å². The zero-order chi connectivity index (χ0) is 19.9. The largest absolute Gasteiger partial charge is 0.368 e. The van der Waals surface area contributed by atoms with Crippen LogP contribution in [0.15, 0.2) is 29.2 Å². The number of rotatable bonds is 4. The van der Waals surface area contributed by atoms with Crippen molar-refractivity contribution < 1.29 is 14.4 Å². The van der Waals surface area contributed by atoms with Gasteiger partial charge in [-0.2, -0.15) is 0 Å². The molecule has 0 atom stereocenters. The summed E-state index contributed by atoms with van der Waals surface area (Å²) in [5.74, 6) is -1.20. The number of hydrogen-bond donors (Lipinski definition) is 1. The maximum absolute atomic E-state index is 12.4. The molecule has 0 spiro atoms. The summed E-state index contributed by atoms with van der Waals surface area (Å²) in [5.41, 5.74) is 10.2. The first-order chi connectivity index (χ1) is 12.7. The van der Waals surface area contributed by atoms with E-state index >= 15 is 0 Å². The molecule has 2 aromatic rings. The molecule has 1 saturated heterocycles. The number of halogens is 1. The van der Waals surface area contributed by atoms with E-state index in [0.29, 0.717) is 4.91 Å². The highest BCUT2D eigenvalue weighted by atomic mass is 127. The number of carbonyl (C=O) groups excluding carboxylic acids is 3. The van der Waals surface area contributed by atoms with Gasteiger partial charge in [0.15, 0.2) is 0 Å². The van der Waals surface area contributed by atoms with E-state index in [1.165, 1.54) is 9.13 Å². The van der Waals surface area contributed by atoms with E-state index in [4.69, 9.17) is 5.73 Å². The lowest BCUT2D eigenvalue weighted by molar-refractivity contribution is -0.127. The number of hydrogen-bond acceptors (Lipinski definition) is 4. The molecule has 1 aromatic heterocycles. The van der Waals surface area contributed by atoms with E-state index in [1.807, 2.05) is 19.9 Å². The zero-order valence-electron chi connectivity index (χ0n) is 15.1. The molecule has 3 rings (SSSR count). The van der Waals surface area contributed by atoms with Gasteiger partial charge in [0.05, 0.1) is 4.91 Å². The van der Waals surface area contributed by atoms with Gasteiger partial charge < -0.3 is 10.3 Å². The molecule has 1 fully saturated rings. The maximum atomic E-state index is 12.4. The first-order valence-corrected chi connectivity index (χ1v) is 10.1. The maximum Gasteiger partial charge on any atom is 0.294 e. The number of aryl methyl sites for hydroxylation is 2. The smallest absolute Gasteiger partial charge is 0.294 e. The summed E-state index contributed by atoms with van der Waals surface area (Å²) in [6.45, 7) is 5.63. The standard InChI is InChI=1S/C19H18IN3O3S/c1-10-6-14(4-5-15(10)20)23-11(2)7-13(12(23)3)8-16-18(25)22(9-17(21)24)19(26)27-16/h4-8H,9H2,1-3H3,(H2,21,24)/b16-8-. The molecular weight excluding hydrogens is 477 g/mol. The molecule has 0 aliphatic carbocycles. The number of imide groups is 1. The molecule has 140 valence electrons. The summed E-state index contributed by atoms with van der Waals surface area (Å²) in [7, 11) is 0. The Morgan fingerprint density at radius 1 is 1.22 bits per heavy atom. The molecule has 1 aromatic carbocycles. The van der Waals surface area contributed by atoms with Crippen LogP contribution >= 0.6 is 34.4 Å². The molecule has 8 heteroatoms. The van der Waals surface area contributed by atoms with Crippen molar-refractivity contribution in [3.63, 3.8) is 0 Å². The minimum absolute atomic E-state index is 0.292. The second-order valence-electron chi connectivity index (χ2n) is 6.33. The molecular formula is C19H18IN3O3S. The predicted octanol–water partition coefficient (Wildman–Crippen LogP) is 3.53. The lowest BCUT2D eigenvalue weighted by Crippen LogP contribution is -2.36. The lowest BCUT2D eigenvalue weighted by atomic mass is 10.2. The minimum Gasteiger partial charge on any atom is -0.368 e. The number of benzene rings is 1. The van der Waals surface area contributed by atoms with Gasteiger partial charge in [-0.05, 0) is 96.6 Å². The van der Waals surface area contributed by atoms with Crippen LogP contribution in [0.5, 0.6) is 0 Å². The summed E-state index contributed by atoms with van der Waals surface area (Å²) >= 11 is 3.12. The molecule has 0 unspecified atom stereocenters. The van der Waals surface area contributed by atoms with Gasteiger partial charge in [-0.25, -0.2) is 0 Å². The average molecular weight is 495 g/mol. The fraction of sp³-hybridized carbons (Fsp3) is 0.211. The van der Waals surface area contributed by atoms with Crippen LogP contribution in [0, 0.1) is 24.3 Å². The van der Waals surface area contributed by atoms with Gasteiger partial charge in [0.1, 0.15) is 6.54 Å². The quantitative estimate of drug-likeness (QED) is 0.520. The predicted molar refractivity (Wildman–Crippen MR) is 115 cm³/mol. The number of nitrogens with two attached hydrogens (primary N) is 1. The summed E-state index contributed by atoms with van der Waals surface area (Å²) in [4.78, 5) is 36.6. The van der Waals surface area contributed by atoms with Crippen molar-refractivity contribution in [3.8, 4) is 5.69 Å². The molecule has 0 saturated carbocycles. The number of thioether (sulfide) groups is 1. The van der Waals surface area contributed by atoms with Crippen molar-refractivity contribution in [2.24, 2.45) is 5.73 Å². The van der Waals surface area contributed by atoms with Crippen LogP contribution in [0.25, 0.3) is 11.8 Å². The summed E-state index contributed by atoms with van der Waals surface area (Å²) < 4.78 is 3.31. The van der Waals surface area contributed by atoms with Crippen molar-refractivity contribution in [1.82, 2.24) is 9.47 Å². The molecule has 2 N–H and O–H groups in total. The van der Waals surface area contributed by atoms with E-state index < -0.39 is 23.6 Å². The monoisotopic (exact) mass is 495 g/mol. The van der Waals surface area contributed by atoms with Crippen molar-refractivity contribution in [3.05, 3.63) is 55.3 Å². The van der Waals surface area contributed by atoms with Gasteiger partial charge in [0.25, 0.3) is 11.1 Å². The molecule has 0 radical (unpaired) electrons. The van der Waals surface area contributed by atoms with E-state index in [2.05, 4.69) is 52.3 Å². The van der Waals surface area contributed by atoms with Crippen molar-refractivity contribution >= 4 is 57.5 Å². The third kappa shape index (κ3) is 3.81. The van der Waals surface area contributed by atoms with E-state index in [9.17, 15) is 14.4 Å². The van der Waals surface area contributed by atoms with Gasteiger partial charge in [-0.15, -0.1) is 0 Å². The highest BCUT2D eigenvalue weighted by Crippen LogP contribution is 2.33. The molecule has 6 nitrogen and oxygen atoms in total. The molecule has 2 heterocycles. The number of nitrogens with zero attached hydrogens (tertiary/aromatic N) is 2. The molecule has 27 heavy (non-hydrogen) atoms. The Bertz CT molecular complexity index is 1010. The lowest BCUT2D eigenvalue weighted by Gasteiger charge is -2.11. The molecule has 0 bridgehead atoms. The highest BCUT2D eigenvalue weighted by molar-refractivity contribution is 14.1. The van der Waals surface area contributed by atoms with Crippen molar-refractivity contribution in [2.75, 3.05) is 6.54 Å². The van der Waals surface area contributed by atoms with Crippen LogP contribution in [0.2, 0.25) is 0 Å². The zero-order valence-corrected chi connectivity index (χ0v) is 18.1. The first kappa shape index (κ1) is 19.7. The summed E-state index contributed by atoms with van der Waals surface area (Å²) in [6, 6.07) is 8.22. The Balaban J connectivity index is 1.99. The Kier molecular flexibility index (Phi) is 5.48. The van der Waals surface area contributed by atoms with Crippen molar-refractivity contribution in [1.29, 1.82) is 0 Å². The summed E-state index contributed by atoms with van der Waals surface area (Å²) in [5, 5.41) is -0.480. The van der Waals surface area contributed by atoms with Crippen LogP contribution < -0.4 is 5.73 Å². The number of amides is 3. The molecule has 1 aliphatic rings. The number of carbonyl (C=O) groups is 3. The van der Waals surface area contributed by atoms with Crippen LogP contribution in [-0.2, 0) is 9.59 Å². The van der Waals surface area contributed by atoms with E-state index in [1.54, 1.807) is 6.08 Å². The van der Waals surface area contributed by atoms with Gasteiger partial charge in [0.2, 0.25) is 5.91 Å². The van der Waals surface area contributed by atoms with Crippen molar-refractivity contribution in [2.45, 2.75) is 20.8 Å². The van der Waals surface area contributed by atoms with E-state index in [-0.39, 0.29) is 0 Å². The molecule has 3 amide bonds. The third-order valence-electron chi connectivity index (χ3n) is 4.34. The number of primary amides is 1. The highest BCUT2D eigenvalue weighted by Gasteiger charge is 2.36. The normalized spacial score (nSPS) is 15.9.